The maximum absolute atomic E-state index is 12.2. The van der Waals surface area contributed by atoms with E-state index in [-0.39, 0.29) is 24.2 Å². The smallest absolute Gasteiger partial charge is 0.287 e. The van der Waals surface area contributed by atoms with Crippen molar-refractivity contribution in [2.45, 2.75) is 13.3 Å². The molecule has 1 amide bonds. The predicted octanol–water partition coefficient (Wildman–Crippen LogP) is 2.92. The van der Waals surface area contributed by atoms with Gasteiger partial charge in [0.2, 0.25) is 0 Å². The average Bonchev–Trinajstić information content (AvgIpc) is 3.21. The van der Waals surface area contributed by atoms with Crippen LogP contribution in [0.2, 0.25) is 0 Å². The van der Waals surface area contributed by atoms with E-state index in [0.29, 0.717) is 13.0 Å². The van der Waals surface area contributed by atoms with Gasteiger partial charge in [-0.15, -0.1) is 0 Å². The molecule has 2 aromatic heterocycles. The lowest BCUT2D eigenvalue weighted by molar-refractivity contribution is 0.0913. The first kappa shape index (κ1) is 15.4. The number of aliphatic hydroxyl groups is 1. The molecule has 0 radical (unpaired) electrons. The van der Waals surface area contributed by atoms with Crippen LogP contribution in [0.25, 0.3) is 11.0 Å². The van der Waals surface area contributed by atoms with Crippen LogP contribution in [0.3, 0.4) is 0 Å². The van der Waals surface area contributed by atoms with Crippen LogP contribution < -0.4 is 5.32 Å². The Morgan fingerprint density at radius 1 is 1.30 bits per heavy atom. The number of hydrogen-bond acceptors (Lipinski definition) is 4. The number of hydrogen-bond donors (Lipinski definition) is 2. The topological polar surface area (TPSA) is 75.6 Å². The SMILES string of the molecule is Cc1cccc2cc(C(=O)NC[C@@H](CO)Cc3ccco3)oc12. The summed E-state index contributed by atoms with van der Waals surface area (Å²) < 4.78 is 10.9. The van der Waals surface area contributed by atoms with Gasteiger partial charge < -0.3 is 19.3 Å². The normalized spacial score (nSPS) is 12.4. The van der Waals surface area contributed by atoms with Crippen molar-refractivity contribution >= 4 is 16.9 Å². The minimum atomic E-state index is -0.279. The van der Waals surface area contributed by atoms with Crippen LogP contribution in [0.5, 0.6) is 0 Å². The van der Waals surface area contributed by atoms with Gasteiger partial charge in [0.1, 0.15) is 11.3 Å². The molecule has 0 aliphatic carbocycles. The van der Waals surface area contributed by atoms with Crippen LogP contribution in [0.15, 0.2) is 51.5 Å². The molecule has 1 atom stereocenters. The van der Waals surface area contributed by atoms with E-state index in [2.05, 4.69) is 5.32 Å². The highest BCUT2D eigenvalue weighted by atomic mass is 16.3. The van der Waals surface area contributed by atoms with Crippen molar-refractivity contribution in [3.8, 4) is 0 Å². The predicted molar refractivity (Wildman–Crippen MR) is 86.3 cm³/mol. The summed E-state index contributed by atoms with van der Waals surface area (Å²) in [5, 5.41) is 13.2. The summed E-state index contributed by atoms with van der Waals surface area (Å²) in [6, 6.07) is 11.2. The summed E-state index contributed by atoms with van der Waals surface area (Å²) in [6.45, 7) is 2.27. The van der Waals surface area contributed by atoms with Crippen LogP contribution in [-0.2, 0) is 6.42 Å². The van der Waals surface area contributed by atoms with Crippen molar-refractivity contribution in [1.82, 2.24) is 5.32 Å². The van der Waals surface area contributed by atoms with E-state index in [9.17, 15) is 9.90 Å². The van der Waals surface area contributed by atoms with Crippen LogP contribution in [0.4, 0.5) is 0 Å². The van der Waals surface area contributed by atoms with Gasteiger partial charge in [0.15, 0.2) is 5.76 Å². The molecule has 0 unspecified atom stereocenters. The molecule has 5 nitrogen and oxygen atoms in total. The summed E-state index contributed by atoms with van der Waals surface area (Å²) in [7, 11) is 0. The number of carbonyl (C=O) groups is 1. The van der Waals surface area contributed by atoms with Crippen molar-refractivity contribution in [1.29, 1.82) is 0 Å². The largest absolute Gasteiger partial charge is 0.469 e. The lowest BCUT2D eigenvalue weighted by atomic mass is 10.1. The molecule has 3 aromatic rings. The molecular formula is C18H19NO4. The fraction of sp³-hybridized carbons (Fsp3) is 0.278. The number of rotatable bonds is 6. The van der Waals surface area contributed by atoms with E-state index in [4.69, 9.17) is 8.83 Å². The molecule has 2 heterocycles. The number of nitrogens with one attached hydrogen (secondary N) is 1. The highest BCUT2D eigenvalue weighted by Gasteiger charge is 2.16. The van der Waals surface area contributed by atoms with Gasteiger partial charge in [-0.2, -0.15) is 0 Å². The first-order valence-corrected chi connectivity index (χ1v) is 7.58. The van der Waals surface area contributed by atoms with Crippen LogP contribution in [0.1, 0.15) is 21.9 Å². The molecule has 23 heavy (non-hydrogen) atoms. The number of benzene rings is 1. The lowest BCUT2D eigenvalue weighted by Gasteiger charge is -2.13. The summed E-state index contributed by atoms with van der Waals surface area (Å²) in [5.74, 6) is 0.691. The zero-order chi connectivity index (χ0) is 16.2. The lowest BCUT2D eigenvalue weighted by Crippen LogP contribution is -2.31. The Hall–Kier alpha value is -2.53. The summed E-state index contributed by atoms with van der Waals surface area (Å²) >= 11 is 0. The molecule has 1 aromatic carbocycles. The molecule has 3 rings (SSSR count). The van der Waals surface area contributed by atoms with Crippen molar-refractivity contribution < 1.29 is 18.7 Å². The van der Waals surface area contributed by atoms with Crippen molar-refractivity contribution in [2.24, 2.45) is 5.92 Å². The summed E-state index contributed by atoms with van der Waals surface area (Å²) in [5.41, 5.74) is 1.72. The molecule has 0 aliphatic heterocycles. The number of carbonyl (C=O) groups excluding carboxylic acids is 1. The highest BCUT2D eigenvalue weighted by molar-refractivity contribution is 5.96. The number of aryl methyl sites for hydroxylation is 1. The van der Waals surface area contributed by atoms with E-state index in [0.717, 1.165) is 22.3 Å². The third-order valence-electron chi connectivity index (χ3n) is 3.84. The maximum atomic E-state index is 12.2. The molecule has 2 N–H and O–H groups in total. The zero-order valence-corrected chi connectivity index (χ0v) is 12.9. The van der Waals surface area contributed by atoms with Gasteiger partial charge in [0, 0.05) is 30.9 Å². The van der Waals surface area contributed by atoms with Crippen LogP contribution in [0, 0.1) is 12.8 Å². The Labute approximate surface area is 133 Å². The zero-order valence-electron chi connectivity index (χ0n) is 12.9. The number of para-hydroxylation sites is 1. The van der Waals surface area contributed by atoms with Crippen LogP contribution >= 0.6 is 0 Å². The molecule has 0 spiro atoms. The number of amides is 1. The quantitative estimate of drug-likeness (QED) is 0.733. The first-order chi connectivity index (χ1) is 11.2. The second-order valence-electron chi connectivity index (χ2n) is 5.65. The second kappa shape index (κ2) is 6.71. The average molecular weight is 313 g/mol. The molecule has 0 saturated heterocycles. The number of aliphatic hydroxyl groups excluding tert-OH is 1. The standard InChI is InChI=1S/C18H19NO4/c1-12-4-2-5-14-9-16(23-17(12)14)18(21)19-10-13(11-20)8-15-6-3-7-22-15/h2-7,9,13,20H,8,10-11H2,1H3,(H,19,21)/t13-/m0/s1. The van der Waals surface area contributed by atoms with E-state index in [1.165, 1.54) is 0 Å². The fourth-order valence-corrected chi connectivity index (χ4v) is 2.56. The number of fused-ring (bicyclic) bond motifs is 1. The monoisotopic (exact) mass is 313 g/mol. The van der Waals surface area contributed by atoms with Gasteiger partial charge in [-0.1, -0.05) is 18.2 Å². The molecule has 0 bridgehead atoms. The van der Waals surface area contributed by atoms with E-state index < -0.39 is 0 Å². The van der Waals surface area contributed by atoms with Gasteiger partial charge >= 0.3 is 0 Å². The Kier molecular flexibility index (Phi) is 4.48. The minimum Gasteiger partial charge on any atom is -0.469 e. The van der Waals surface area contributed by atoms with E-state index in [1.54, 1.807) is 18.4 Å². The molecular weight excluding hydrogens is 294 g/mol. The fourth-order valence-electron chi connectivity index (χ4n) is 2.56. The van der Waals surface area contributed by atoms with Gasteiger partial charge in [0.05, 0.1) is 6.26 Å². The summed E-state index contributed by atoms with van der Waals surface area (Å²) in [6.07, 6.45) is 2.17. The highest BCUT2D eigenvalue weighted by Crippen LogP contribution is 2.22. The second-order valence-corrected chi connectivity index (χ2v) is 5.65. The van der Waals surface area contributed by atoms with E-state index in [1.807, 2.05) is 31.2 Å². The van der Waals surface area contributed by atoms with Gasteiger partial charge in [-0.25, -0.2) is 0 Å². The Morgan fingerprint density at radius 2 is 2.17 bits per heavy atom. The van der Waals surface area contributed by atoms with Gasteiger partial charge in [-0.3, -0.25) is 4.79 Å². The molecule has 0 aliphatic rings. The van der Waals surface area contributed by atoms with Gasteiger partial charge in [0.25, 0.3) is 5.91 Å². The molecule has 120 valence electrons. The summed E-state index contributed by atoms with van der Waals surface area (Å²) in [4.78, 5) is 12.2. The minimum absolute atomic E-state index is 0.0276. The third-order valence-corrected chi connectivity index (χ3v) is 3.84. The van der Waals surface area contributed by atoms with E-state index >= 15 is 0 Å². The van der Waals surface area contributed by atoms with Crippen molar-refractivity contribution in [2.75, 3.05) is 13.2 Å². The van der Waals surface area contributed by atoms with Crippen molar-refractivity contribution in [3.05, 3.63) is 59.7 Å². The Bertz CT molecular complexity index is 789. The van der Waals surface area contributed by atoms with Gasteiger partial charge in [-0.05, 0) is 30.7 Å². The maximum Gasteiger partial charge on any atom is 0.287 e. The van der Waals surface area contributed by atoms with Crippen molar-refractivity contribution in [3.63, 3.8) is 0 Å². The molecule has 0 saturated carbocycles. The molecule has 0 fully saturated rings. The molecule has 5 heteroatoms. The third kappa shape index (κ3) is 3.46. The van der Waals surface area contributed by atoms with Crippen LogP contribution in [-0.4, -0.2) is 24.2 Å². The Balaban J connectivity index is 1.64. The first-order valence-electron chi connectivity index (χ1n) is 7.58. The Morgan fingerprint density at radius 3 is 2.87 bits per heavy atom. The number of furan rings is 2.